The lowest BCUT2D eigenvalue weighted by Gasteiger charge is -2.33. The third kappa shape index (κ3) is 6.92. The molecule has 202 valence electrons. The van der Waals surface area contributed by atoms with Gasteiger partial charge >= 0.3 is 0 Å². The second-order valence-electron chi connectivity index (χ2n) is 8.55. The van der Waals surface area contributed by atoms with Crippen molar-refractivity contribution in [2.24, 2.45) is 0 Å². The van der Waals surface area contributed by atoms with Crippen molar-refractivity contribution in [1.29, 1.82) is 0 Å². The first kappa shape index (κ1) is 28.7. The number of carbonyl (C=O) groups is 2. The minimum absolute atomic E-state index is 0.0458. The number of carbonyl (C=O) groups excluding carboxylic acids is 2. The summed E-state index contributed by atoms with van der Waals surface area (Å²) in [5.74, 6) is -0.447. The minimum Gasteiger partial charge on any atom is -0.492 e. The molecule has 2 amide bonds. The van der Waals surface area contributed by atoms with Gasteiger partial charge in [-0.05, 0) is 50.1 Å². The summed E-state index contributed by atoms with van der Waals surface area (Å²) >= 11 is 0. The molecule has 1 N–H and O–H groups in total. The lowest BCUT2D eigenvalue weighted by Crippen LogP contribution is -2.52. The van der Waals surface area contributed by atoms with Gasteiger partial charge in [0.25, 0.3) is 10.0 Å². The number of amides is 2. The van der Waals surface area contributed by atoms with Crippen LogP contribution < -0.4 is 14.4 Å². The van der Waals surface area contributed by atoms with Crippen LogP contribution in [0.25, 0.3) is 0 Å². The Bertz CT molecular complexity index is 1300. The molecule has 0 saturated carbocycles. The Morgan fingerprint density at radius 2 is 1.47 bits per heavy atom. The number of benzene rings is 3. The molecular formula is C29H35N3O5S. The monoisotopic (exact) mass is 537 g/mol. The molecule has 0 aliphatic rings. The molecule has 0 aliphatic carbocycles. The zero-order chi connectivity index (χ0) is 27.5. The van der Waals surface area contributed by atoms with Crippen molar-refractivity contribution in [2.75, 3.05) is 24.0 Å². The molecule has 9 heteroatoms. The van der Waals surface area contributed by atoms with Gasteiger partial charge in [0, 0.05) is 13.1 Å². The van der Waals surface area contributed by atoms with Gasteiger partial charge in [-0.3, -0.25) is 13.9 Å². The number of nitrogens with one attached hydrogen (secondary N) is 1. The number of anilines is 1. The fourth-order valence-electron chi connectivity index (χ4n) is 4.17. The van der Waals surface area contributed by atoms with Crippen LogP contribution in [0, 0.1) is 0 Å². The number of hydrogen-bond acceptors (Lipinski definition) is 5. The van der Waals surface area contributed by atoms with Gasteiger partial charge in [0.05, 0.1) is 17.2 Å². The highest BCUT2D eigenvalue weighted by Crippen LogP contribution is 2.33. The van der Waals surface area contributed by atoms with E-state index < -0.39 is 28.5 Å². The molecule has 0 bridgehead atoms. The smallest absolute Gasteiger partial charge is 0.264 e. The molecule has 0 heterocycles. The highest BCUT2D eigenvalue weighted by atomic mass is 32.2. The predicted molar refractivity (Wildman–Crippen MR) is 148 cm³/mol. The molecule has 8 nitrogen and oxygen atoms in total. The summed E-state index contributed by atoms with van der Waals surface area (Å²) in [4.78, 5) is 28.5. The first-order valence-electron chi connectivity index (χ1n) is 12.7. The normalized spacial score (nSPS) is 11.9. The van der Waals surface area contributed by atoms with Crippen LogP contribution in [0.3, 0.4) is 0 Å². The average Bonchev–Trinajstić information content (AvgIpc) is 2.93. The third-order valence-corrected chi connectivity index (χ3v) is 7.75. The van der Waals surface area contributed by atoms with E-state index in [1.807, 2.05) is 44.2 Å². The largest absolute Gasteiger partial charge is 0.492 e. The van der Waals surface area contributed by atoms with Gasteiger partial charge < -0.3 is 15.0 Å². The molecular weight excluding hydrogens is 502 g/mol. The quantitative estimate of drug-likeness (QED) is 0.352. The lowest BCUT2D eigenvalue weighted by molar-refractivity contribution is -0.140. The van der Waals surface area contributed by atoms with Crippen LogP contribution in [0.2, 0.25) is 0 Å². The lowest BCUT2D eigenvalue weighted by atomic mass is 10.1. The molecule has 1 atom stereocenters. The molecule has 0 aromatic heterocycles. The molecule has 3 aromatic rings. The van der Waals surface area contributed by atoms with Crippen LogP contribution in [0.4, 0.5) is 5.69 Å². The van der Waals surface area contributed by atoms with Gasteiger partial charge in [0.15, 0.2) is 0 Å². The maximum Gasteiger partial charge on any atom is 0.264 e. The summed E-state index contributed by atoms with van der Waals surface area (Å²) in [6, 6.07) is 23.2. The summed E-state index contributed by atoms with van der Waals surface area (Å²) in [5, 5.41) is 2.80. The van der Waals surface area contributed by atoms with Crippen molar-refractivity contribution in [3.63, 3.8) is 0 Å². The SMILES string of the molecule is CCNC(=O)[C@H](CC)N(Cc1ccccc1)C(=O)CN(c1ccccc1OCC)S(=O)(=O)c1ccccc1. The molecule has 0 radical (unpaired) electrons. The molecule has 0 spiro atoms. The van der Waals surface area contributed by atoms with Crippen LogP contribution in [0.5, 0.6) is 5.75 Å². The molecule has 0 aliphatic heterocycles. The van der Waals surface area contributed by atoms with E-state index in [9.17, 15) is 18.0 Å². The van der Waals surface area contributed by atoms with Crippen molar-refractivity contribution in [1.82, 2.24) is 10.2 Å². The van der Waals surface area contributed by atoms with Crippen LogP contribution in [-0.4, -0.2) is 50.9 Å². The first-order chi connectivity index (χ1) is 18.3. The fourth-order valence-corrected chi connectivity index (χ4v) is 5.61. The summed E-state index contributed by atoms with van der Waals surface area (Å²) < 4.78 is 34.6. The third-order valence-electron chi connectivity index (χ3n) is 5.98. The van der Waals surface area contributed by atoms with E-state index in [4.69, 9.17) is 4.74 Å². The molecule has 0 saturated heterocycles. The van der Waals surface area contributed by atoms with E-state index in [1.54, 1.807) is 49.4 Å². The van der Waals surface area contributed by atoms with E-state index >= 15 is 0 Å². The summed E-state index contributed by atoms with van der Waals surface area (Å²) in [5.41, 5.74) is 1.08. The van der Waals surface area contributed by atoms with Crippen molar-refractivity contribution < 1.29 is 22.7 Å². The predicted octanol–water partition coefficient (Wildman–Crippen LogP) is 4.22. The van der Waals surface area contributed by atoms with Crippen LogP contribution in [0.1, 0.15) is 32.8 Å². The minimum atomic E-state index is -4.15. The first-order valence-corrected chi connectivity index (χ1v) is 14.2. The molecule has 0 unspecified atom stereocenters. The van der Waals surface area contributed by atoms with Gasteiger partial charge in [-0.2, -0.15) is 0 Å². The zero-order valence-corrected chi connectivity index (χ0v) is 22.9. The highest BCUT2D eigenvalue weighted by Gasteiger charge is 2.34. The van der Waals surface area contributed by atoms with E-state index in [0.717, 1.165) is 9.87 Å². The number of ether oxygens (including phenoxy) is 1. The molecule has 3 rings (SSSR count). The standard InChI is InChI=1S/C29H35N3O5S/c1-4-25(29(34)30-5-2)31(21-23-15-9-7-10-16-23)28(33)22-32(26-19-13-14-20-27(26)37-6-3)38(35,36)24-17-11-8-12-18-24/h7-20,25H,4-6,21-22H2,1-3H3,(H,30,34)/t25-/m0/s1. The number of likely N-dealkylation sites (N-methyl/N-ethyl adjacent to an activating group) is 1. The van der Waals surface area contributed by atoms with E-state index in [-0.39, 0.29) is 23.0 Å². The van der Waals surface area contributed by atoms with Gasteiger partial charge in [-0.25, -0.2) is 8.42 Å². The van der Waals surface area contributed by atoms with Crippen molar-refractivity contribution >= 4 is 27.5 Å². The Morgan fingerprint density at radius 3 is 2.08 bits per heavy atom. The Kier molecular flexibility index (Phi) is 10.3. The van der Waals surface area contributed by atoms with Gasteiger partial charge in [0.2, 0.25) is 11.8 Å². The number of para-hydroxylation sites is 2. The Morgan fingerprint density at radius 1 is 0.868 bits per heavy atom. The van der Waals surface area contributed by atoms with Gasteiger partial charge in [-0.15, -0.1) is 0 Å². The topological polar surface area (TPSA) is 96.0 Å². The summed E-state index contributed by atoms with van der Waals surface area (Å²) in [7, 11) is -4.15. The maximum atomic E-state index is 14.0. The number of sulfonamides is 1. The van der Waals surface area contributed by atoms with Gasteiger partial charge in [-0.1, -0.05) is 67.6 Å². The second kappa shape index (κ2) is 13.6. The molecule has 3 aromatic carbocycles. The van der Waals surface area contributed by atoms with Crippen molar-refractivity contribution in [2.45, 2.75) is 44.7 Å². The zero-order valence-electron chi connectivity index (χ0n) is 22.0. The number of rotatable bonds is 13. The molecule has 0 fully saturated rings. The number of nitrogens with zero attached hydrogens (tertiary/aromatic N) is 2. The van der Waals surface area contributed by atoms with E-state index in [1.165, 1.54) is 17.0 Å². The fraction of sp³-hybridized carbons (Fsp3) is 0.310. The van der Waals surface area contributed by atoms with Crippen LogP contribution in [-0.2, 0) is 26.2 Å². The van der Waals surface area contributed by atoms with Crippen molar-refractivity contribution in [3.8, 4) is 5.75 Å². The van der Waals surface area contributed by atoms with Crippen molar-refractivity contribution in [3.05, 3.63) is 90.5 Å². The summed E-state index contributed by atoms with van der Waals surface area (Å²) in [6.45, 7) is 5.82. The maximum absolute atomic E-state index is 14.0. The Balaban J connectivity index is 2.09. The van der Waals surface area contributed by atoms with Crippen LogP contribution in [0.15, 0.2) is 89.8 Å². The van der Waals surface area contributed by atoms with E-state index in [2.05, 4.69) is 5.32 Å². The second-order valence-corrected chi connectivity index (χ2v) is 10.4. The highest BCUT2D eigenvalue weighted by molar-refractivity contribution is 7.92. The van der Waals surface area contributed by atoms with Crippen LogP contribution >= 0.6 is 0 Å². The van der Waals surface area contributed by atoms with Gasteiger partial charge in [0.1, 0.15) is 18.3 Å². The summed E-state index contributed by atoms with van der Waals surface area (Å²) in [6.07, 6.45) is 0.366. The Hall–Kier alpha value is -3.85. The number of hydrogen-bond donors (Lipinski definition) is 1. The van der Waals surface area contributed by atoms with E-state index in [0.29, 0.717) is 25.3 Å². The molecule has 38 heavy (non-hydrogen) atoms. The Labute approximate surface area is 225 Å². The average molecular weight is 538 g/mol.